The number of nitrogens with one attached hydrogen (secondary N) is 1. The van der Waals surface area contributed by atoms with E-state index in [1.54, 1.807) is 37.3 Å². The van der Waals surface area contributed by atoms with Crippen molar-refractivity contribution in [1.29, 1.82) is 0 Å². The minimum atomic E-state index is -4.71. The number of aromatic nitrogens is 3. The monoisotopic (exact) mass is 453 g/mol. The maximum atomic E-state index is 13.7. The molecule has 1 atom stereocenters. The first-order chi connectivity index (χ1) is 15.7. The van der Waals surface area contributed by atoms with Gasteiger partial charge in [-0.2, -0.15) is 13.2 Å². The number of rotatable bonds is 4. The lowest BCUT2D eigenvalue weighted by Gasteiger charge is -2.22. The predicted molar refractivity (Wildman–Crippen MR) is 117 cm³/mol. The van der Waals surface area contributed by atoms with Crippen LogP contribution in [0.2, 0.25) is 0 Å². The Morgan fingerprint density at radius 1 is 1.06 bits per heavy atom. The Balaban J connectivity index is 1.91. The van der Waals surface area contributed by atoms with E-state index < -0.39 is 34.6 Å². The number of alkyl halides is 3. The highest BCUT2D eigenvalue weighted by molar-refractivity contribution is 5.96. The summed E-state index contributed by atoms with van der Waals surface area (Å²) in [6.07, 6.45) is -2.06. The molecule has 0 fully saturated rings. The van der Waals surface area contributed by atoms with E-state index in [1.807, 2.05) is 0 Å². The Labute approximate surface area is 185 Å². The fraction of sp³-hybridized carbons (Fsp3) is 0.130. The van der Waals surface area contributed by atoms with Crippen LogP contribution < -0.4 is 16.6 Å². The van der Waals surface area contributed by atoms with Crippen LogP contribution in [0.4, 0.5) is 19.0 Å². The number of halogens is 3. The van der Waals surface area contributed by atoms with E-state index in [4.69, 9.17) is 5.73 Å². The van der Waals surface area contributed by atoms with Crippen molar-refractivity contribution in [3.05, 3.63) is 94.3 Å². The summed E-state index contributed by atoms with van der Waals surface area (Å²) in [7, 11) is 0. The van der Waals surface area contributed by atoms with Crippen LogP contribution in [-0.4, -0.2) is 20.4 Å². The smallest absolute Gasteiger partial charge is 0.382 e. The van der Waals surface area contributed by atoms with Crippen molar-refractivity contribution >= 4 is 22.5 Å². The van der Waals surface area contributed by atoms with Gasteiger partial charge in [-0.25, -0.2) is 9.97 Å². The average molecular weight is 453 g/mol. The summed E-state index contributed by atoms with van der Waals surface area (Å²) in [6.45, 7) is 1.61. The van der Waals surface area contributed by atoms with Gasteiger partial charge < -0.3 is 11.1 Å². The van der Waals surface area contributed by atoms with Crippen LogP contribution in [0.15, 0.2) is 71.8 Å². The number of benzene rings is 2. The minimum absolute atomic E-state index is 0.0732. The third-order valence-electron chi connectivity index (χ3n) is 5.13. The first-order valence-corrected chi connectivity index (χ1v) is 9.87. The highest BCUT2D eigenvalue weighted by Gasteiger charge is 2.34. The average Bonchev–Trinajstić information content (AvgIpc) is 2.78. The summed E-state index contributed by atoms with van der Waals surface area (Å²) in [5.41, 5.74) is 4.39. The number of pyridine rings is 1. The number of nitrogens with two attached hydrogens (primary N) is 1. The first-order valence-electron chi connectivity index (χ1n) is 9.87. The zero-order chi connectivity index (χ0) is 23.8. The second kappa shape index (κ2) is 8.38. The third kappa shape index (κ3) is 4.14. The van der Waals surface area contributed by atoms with Crippen LogP contribution >= 0.6 is 0 Å². The molecular weight excluding hydrogens is 435 g/mol. The van der Waals surface area contributed by atoms with Crippen LogP contribution in [0.1, 0.15) is 34.7 Å². The van der Waals surface area contributed by atoms with Crippen LogP contribution in [0.25, 0.3) is 16.5 Å². The molecule has 7 nitrogen and oxygen atoms in total. The van der Waals surface area contributed by atoms with Crippen LogP contribution in [0, 0.1) is 0 Å². The summed E-state index contributed by atoms with van der Waals surface area (Å²) in [5.74, 6) is -0.708. The molecular formula is C23H18F3N5O2. The SMILES string of the molecule is CC(NC(=O)c1nccnc1N)c1cc2cccc(C(F)(F)F)c2c(=O)n1-c1ccccc1. The van der Waals surface area contributed by atoms with E-state index in [0.29, 0.717) is 5.69 Å². The van der Waals surface area contributed by atoms with Crippen molar-refractivity contribution in [2.75, 3.05) is 5.73 Å². The van der Waals surface area contributed by atoms with Gasteiger partial charge in [0.25, 0.3) is 11.5 Å². The standard InChI is InChI=1S/C23H18F3N5O2/c1-13(30-21(32)19-20(27)29-11-10-28-19)17-12-14-6-5-9-16(23(24,25)26)18(14)22(33)31(17)15-7-3-2-4-8-15/h2-13H,1H3,(H2,27,29)(H,30,32). The van der Waals surface area contributed by atoms with Gasteiger partial charge in [-0.05, 0) is 36.6 Å². The van der Waals surface area contributed by atoms with E-state index in [0.717, 1.165) is 6.07 Å². The second-order valence-corrected chi connectivity index (χ2v) is 7.30. The van der Waals surface area contributed by atoms with Crippen LogP contribution in [-0.2, 0) is 6.18 Å². The molecule has 1 unspecified atom stereocenters. The van der Waals surface area contributed by atoms with Crippen molar-refractivity contribution in [3.63, 3.8) is 0 Å². The summed E-state index contributed by atoms with van der Waals surface area (Å²) >= 11 is 0. The molecule has 4 rings (SSSR count). The Bertz CT molecular complexity index is 1400. The number of hydrogen-bond acceptors (Lipinski definition) is 5. The predicted octanol–water partition coefficient (Wildman–Crippen LogP) is 3.87. The molecule has 3 N–H and O–H groups in total. The Kier molecular flexibility index (Phi) is 5.59. The number of para-hydroxylation sites is 1. The summed E-state index contributed by atoms with van der Waals surface area (Å²) in [6, 6.07) is 12.5. The van der Waals surface area contributed by atoms with Gasteiger partial charge in [0.15, 0.2) is 11.5 Å². The maximum absolute atomic E-state index is 13.7. The maximum Gasteiger partial charge on any atom is 0.417 e. The lowest BCUT2D eigenvalue weighted by molar-refractivity contribution is -0.136. The van der Waals surface area contributed by atoms with Crippen molar-refractivity contribution < 1.29 is 18.0 Å². The molecule has 0 saturated carbocycles. The summed E-state index contributed by atoms with van der Waals surface area (Å²) < 4.78 is 42.1. The van der Waals surface area contributed by atoms with Gasteiger partial charge >= 0.3 is 6.18 Å². The van der Waals surface area contributed by atoms with E-state index in [1.165, 1.54) is 35.2 Å². The summed E-state index contributed by atoms with van der Waals surface area (Å²) in [5, 5.41) is 2.36. The molecule has 1 amide bonds. The lowest BCUT2D eigenvalue weighted by Crippen LogP contribution is -2.33. The number of anilines is 1. The van der Waals surface area contributed by atoms with Crippen LogP contribution in [0.5, 0.6) is 0 Å². The number of nitrogens with zero attached hydrogens (tertiary/aromatic N) is 3. The Morgan fingerprint density at radius 3 is 2.42 bits per heavy atom. The molecule has 0 bridgehead atoms. The number of carbonyl (C=O) groups is 1. The van der Waals surface area contributed by atoms with Crippen molar-refractivity contribution in [3.8, 4) is 5.69 Å². The normalized spacial score (nSPS) is 12.5. The van der Waals surface area contributed by atoms with Gasteiger partial charge in [0, 0.05) is 23.8 Å². The van der Waals surface area contributed by atoms with Gasteiger partial charge in [-0.3, -0.25) is 14.2 Å². The van der Waals surface area contributed by atoms with Crippen LogP contribution in [0.3, 0.4) is 0 Å². The molecule has 0 aliphatic heterocycles. The van der Waals surface area contributed by atoms with Gasteiger partial charge in [0.2, 0.25) is 0 Å². The first kappa shape index (κ1) is 22.0. The zero-order valence-corrected chi connectivity index (χ0v) is 17.3. The molecule has 2 heterocycles. The molecule has 2 aromatic heterocycles. The number of carbonyl (C=O) groups excluding carboxylic acids is 1. The molecule has 0 aliphatic carbocycles. The van der Waals surface area contributed by atoms with Crippen molar-refractivity contribution in [1.82, 2.24) is 19.9 Å². The van der Waals surface area contributed by atoms with Gasteiger partial charge in [0.1, 0.15) is 0 Å². The molecule has 0 saturated heterocycles. The minimum Gasteiger partial charge on any atom is -0.382 e. The third-order valence-corrected chi connectivity index (χ3v) is 5.13. The molecule has 0 radical (unpaired) electrons. The van der Waals surface area contributed by atoms with E-state index in [9.17, 15) is 22.8 Å². The number of amides is 1. The van der Waals surface area contributed by atoms with Gasteiger partial charge in [0.05, 0.1) is 17.0 Å². The molecule has 4 aromatic rings. The fourth-order valence-electron chi connectivity index (χ4n) is 3.64. The largest absolute Gasteiger partial charge is 0.417 e. The topological polar surface area (TPSA) is 103 Å². The molecule has 0 spiro atoms. The van der Waals surface area contributed by atoms with E-state index in [2.05, 4.69) is 15.3 Å². The second-order valence-electron chi connectivity index (χ2n) is 7.30. The zero-order valence-electron chi connectivity index (χ0n) is 17.3. The van der Waals surface area contributed by atoms with Crippen molar-refractivity contribution in [2.45, 2.75) is 19.1 Å². The quantitative estimate of drug-likeness (QED) is 0.488. The highest BCUT2D eigenvalue weighted by Crippen LogP contribution is 2.34. The molecule has 10 heteroatoms. The highest BCUT2D eigenvalue weighted by atomic mass is 19.4. The molecule has 168 valence electrons. The van der Waals surface area contributed by atoms with E-state index in [-0.39, 0.29) is 22.6 Å². The fourth-order valence-corrected chi connectivity index (χ4v) is 3.64. The number of fused-ring (bicyclic) bond motifs is 1. The number of nitrogen functional groups attached to an aromatic ring is 1. The molecule has 0 aliphatic rings. The lowest BCUT2D eigenvalue weighted by atomic mass is 10.0. The molecule has 2 aromatic carbocycles. The van der Waals surface area contributed by atoms with Gasteiger partial charge in [-0.1, -0.05) is 30.3 Å². The molecule has 33 heavy (non-hydrogen) atoms. The van der Waals surface area contributed by atoms with E-state index >= 15 is 0 Å². The van der Waals surface area contributed by atoms with Gasteiger partial charge in [-0.15, -0.1) is 0 Å². The Morgan fingerprint density at radius 2 is 1.76 bits per heavy atom. The number of hydrogen-bond donors (Lipinski definition) is 2. The summed E-state index contributed by atoms with van der Waals surface area (Å²) in [4.78, 5) is 33.9. The Hall–Kier alpha value is -4.21. The van der Waals surface area contributed by atoms with Crippen molar-refractivity contribution in [2.24, 2.45) is 0 Å².